The first-order chi connectivity index (χ1) is 7.34. The number of hydrogen-bond donors (Lipinski definition) is 1. The van der Waals surface area contributed by atoms with Crippen LogP contribution in [0, 0.1) is 0 Å². The Bertz CT molecular complexity index is 523. The molecule has 1 saturated carbocycles. The van der Waals surface area contributed by atoms with Crippen LogP contribution in [0.5, 0.6) is 0 Å². The summed E-state index contributed by atoms with van der Waals surface area (Å²) in [5.74, 6) is 0.599. The third-order valence-corrected chi connectivity index (χ3v) is 2.63. The molecule has 1 aliphatic carbocycles. The van der Waals surface area contributed by atoms with Gasteiger partial charge in [-0.1, -0.05) is 18.2 Å². The van der Waals surface area contributed by atoms with Crippen molar-refractivity contribution in [2.75, 3.05) is 0 Å². The zero-order chi connectivity index (χ0) is 10.3. The van der Waals surface area contributed by atoms with E-state index in [0.29, 0.717) is 11.9 Å². The summed E-state index contributed by atoms with van der Waals surface area (Å²) in [6.45, 7) is 0. The molecule has 0 radical (unpaired) electrons. The first-order valence-electron chi connectivity index (χ1n) is 5.14. The van der Waals surface area contributed by atoms with Crippen LogP contribution in [0.1, 0.15) is 18.4 Å². The van der Waals surface area contributed by atoms with Crippen LogP contribution in [0.15, 0.2) is 39.9 Å². The number of amidine groups is 1. The van der Waals surface area contributed by atoms with Gasteiger partial charge in [-0.25, -0.2) is 0 Å². The van der Waals surface area contributed by atoms with Gasteiger partial charge in [0.05, 0.1) is 11.6 Å². The molecule has 2 aromatic rings. The second-order valence-electron chi connectivity index (χ2n) is 3.89. The van der Waals surface area contributed by atoms with Gasteiger partial charge in [-0.2, -0.15) is 0 Å². The van der Waals surface area contributed by atoms with Crippen molar-refractivity contribution in [1.82, 2.24) is 0 Å². The highest BCUT2D eigenvalue weighted by Gasteiger charge is 2.21. The number of hydrogen-bond acceptors (Lipinski definition) is 2. The van der Waals surface area contributed by atoms with E-state index in [1.54, 1.807) is 6.26 Å². The summed E-state index contributed by atoms with van der Waals surface area (Å²) < 4.78 is 5.41. The summed E-state index contributed by atoms with van der Waals surface area (Å²) in [5, 5.41) is 1.04. The van der Waals surface area contributed by atoms with Gasteiger partial charge in [0.15, 0.2) is 0 Å². The van der Waals surface area contributed by atoms with Gasteiger partial charge in [0.1, 0.15) is 17.7 Å². The van der Waals surface area contributed by atoms with Crippen molar-refractivity contribution in [3.05, 3.63) is 36.1 Å². The molecule has 15 heavy (non-hydrogen) atoms. The Balaban J connectivity index is 2.10. The molecular formula is C12H12N2O. The van der Waals surface area contributed by atoms with Gasteiger partial charge in [0.25, 0.3) is 0 Å². The fraction of sp³-hybridized carbons (Fsp3) is 0.250. The molecule has 1 aliphatic rings. The van der Waals surface area contributed by atoms with Crippen LogP contribution < -0.4 is 5.73 Å². The predicted molar refractivity (Wildman–Crippen MR) is 60.0 cm³/mol. The lowest BCUT2D eigenvalue weighted by atomic mass is 10.1. The normalized spacial score (nSPS) is 17.2. The Hall–Kier alpha value is -1.77. The third kappa shape index (κ3) is 1.50. The van der Waals surface area contributed by atoms with Crippen molar-refractivity contribution in [2.24, 2.45) is 10.7 Å². The Morgan fingerprint density at radius 2 is 2.13 bits per heavy atom. The van der Waals surface area contributed by atoms with Gasteiger partial charge in [-0.05, 0) is 18.9 Å². The molecule has 0 spiro atoms. The van der Waals surface area contributed by atoms with Gasteiger partial charge in [-0.15, -0.1) is 0 Å². The maximum atomic E-state index is 5.94. The molecule has 3 heteroatoms. The SMILES string of the molecule is NC(=NC1CC1)c1coc2ccccc12. The summed E-state index contributed by atoms with van der Waals surface area (Å²) in [7, 11) is 0. The van der Waals surface area contributed by atoms with E-state index in [2.05, 4.69) is 4.99 Å². The van der Waals surface area contributed by atoms with Crippen molar-refractivity contribution < 1.29 is 4.42 Å². The zero-order valence-electron chi connectivity index (χ0n) is 8.31. The minimum absolute atomic E-state index is 0.443. The van der Waals surface area contributed by atoms with Crippen molar-refractivity contribution in [1.29, 1.82) is 0 Å². The number of aliphatic imine (C=N–C) groups is 1. The molecule has 0 saturated heterocycles. The van der Waals surface area contributed by atoms with Crippen molar-refractivity contribution in [3.8, 4) is 0 Å². The quantitative estimate of drug-likeness (QED) is 0.597. The highest BCUT2D eigenvalue weighted by Crippen LogP contribution is 2.26. The molecule has 1 fully saturated rings. The number of para-hydroxylation sites is 1. The van der Waals surface area contributed by atoms with E-state index in [4.69, 9.17) is 10.2 Å². The minimum Gasteiger partial charge on any atom is -0.464 e. The Kier molecular flexibility index (Phi) is 1.78. The van der Waals surface area contributed by atoms with Crippen LogP contribution in [0.3, 0.4) is 0 Å². The molecule has 3 nitrogen and oxygen atoms in total. The fourth-order valence-corrected chi connectivity index (χ4v) is 1.65. The number of rotatable bonds is 2. The fourth-order valence-electron chi connectivity index (χ4n) is 1.65. The van der Waals surface area contributed by atoms with Crippen molar-refractivity contribution in [2.45, 2.75) is 18.9 Å². The number of furan rings is 1. The van der Waals surface area contributed by atoms with Crippen LogP contribution in [0.4, 0.5) is 0 Å². The number of fused-ring (bicyclic) bond motifs is 1. The lowest BCUT2D eigenvalue weighted by molar-refractivity contribution is 0.615. The smallest absolute Gasteiger partial charge is 0.134 e. The highest BCUT2D eigenvalue weighted by molar-refractivity contribution is 6.08. The molecule has 3 rings (SSSR count). The van der Waals surface area contributed by atoms with Crippen LogP contribution in [0.25, 0.3) is 11.0 Å². The Morgan fingerprint density at radius 1 is 1.33 bits per heavy atom. The molecular weight excluding hydrogens is 188 g/mol. The second kappa shape index (κ2) is 3.12. The van der Waals surface area contributed by atoms with E-state index < -0.39 is 0 Å². The van der Waals surface area contributed by atoms with Crippen LogP contribution >= 0.6 is 0 Å². The first kappa shape index (κ1) is 8.53. The summed E-state index contributed by atoms with van der Waals surface area (Å²) in [4.78, 5) is 4.42. The lowest BCUT2D eigenvalue weighted by Crippen LogP contribution is -2.13. The molecule has 2 N–H and O–H groups in total. The van der Waals surface area contributed by atoms with Crippen molar-refractivity contribution in [3.63, 3.8) is 0 Å². The van der Waals surface area contributed by atoms with Gasteiger partial charge in [0, 0.05) is 5.39 Å². The average Bonchev–Trinajstić information content (AvgIpc) is 2.96. The first-order valence-corrected chi connectivity index (χ1v) is 5.14. The topological polar surface area (TPSA) is 51.5 Å². The van der Waals surface area contributed by atoms with E-state index in [1.807, 2.05) is 24.3 Å². The van der Waals surface area contributed by atoms with E-state index in [9.17, 15) is 0 Å². The van der Waals surface area contributed by atoms with Gasteiger partial charge in [-0.3, -0.25) is 4.99 Å². The standard InChI is InChI=1S/C12H12N2O/c13-12(14-8-5-6-8)10-7-15-11-4-2-1-3-9(10)11/h1-4,7-8H,5-6H2,(H2,13,14). The summed E-state index contributed by atoms with van der Waals surface area (Å²) >= 11 is 0. The summed E-state index contributed by atoms with van der Waals surface area (Å²) in [6, 6.07) is 8.31. The van der Waals surface area contributed by atoms with E-state index in [0.717, 1.165) is 29.4 Å². The largest absolute Gasteiger partial charge is 0.464 e. The Morgan fingerprint density at radius 3 is 2.93 bits per heavy atom. The highest BCUT2D eigenvalue weighted by atomic mass is 16.3. The summed E-state index contributed by atoms with van der Waals surface area (Å²) in [6.07, 6.45) is 4.01. The lowest BCUT2D eigenvalue weighted by Gasteiger charge is -1.96. The maximum absolute atomic E-state index is 5.94. The van der Waals surface area contributed by atoms with E-state index in [-0.39, 0.29) is 0 Å². The average molecular weight is 200 g/mol. The van der Waals surface area contributed by atoms with Crippen LogP contribution in [-0.2, 0) is 0 Å². The van der Waals surface area contributed by atoms with E-state index >= 15 is 0 Å². The number of nitrogens with two attached hydrogens (primary N) is 1. The van der Waals surface area contributed by atoms with Gasteiger partial charge >= 0.3 is 0 Å². The molecule has 0 bridgehead atoms. The molecule has 0 atom stereocenters. The molecule has 0 unspecified atom stereocenters. The molecule has 1 heterocycles. The minimum atomic E-state index is 0.443. The predicted octanol–water partition coefficient (Wildman–Crippen LogP) is 2.30. The monoisotopic (exact) mass is 200 g/mol. The molecule has 0 aliphatic heterocycles. The molecule has 1 aromatic carbocycles. The maximum Gasteiger partial charge on any atom is 0.134 e. The zero-order valence-corrected chi connectivity index (χ0v) is 8.31. The van der Waals surface area contributed by atoms with Crippen molar-refractivity contribution >= 4 is 16.8 Å². The molecule has 76 valence electrons. The summed E-state index contributed by atoms with van der Waals surface area (Å²) in [5.41, 5.74) is 7.71. The number of nitrogens with zero attached hydrogens (tertiary/aromatic N) is 1. The Labute approximate surface area is 87.6 Å². The van der Waals surface area contributed by atoms with Gasteiger partial charge in [0.2, 0.25) is 0 Å². The molecule has 0 amide bonds. The second-order valence-corrected chi connectivity index (χ2v) is 3.89. The molecule has 1 aromatic heterocycles. The van der Waals surface area contributed by atoms with Crippen LogP contribution in [-0.4, -0.2) is 11.9 Å². The third-order valence-electron chi connectivity index (χ3n) is 2.63. The van der Waals surface area contributed by atoms with E-state index in [1.165, 1.54) is 0 Å². The number of benzene rings is 1. The van der Waals surface area contributed by atoms with Gasteiger partial charge < -0.3 is 10.2 Å². The van der Waals surface area contributed by atoms with Crippen LogP contribution in [0.2, 0.25) is 0 Å².